The molecule has 1 aromatic heterocycles. The molecule has 4 aromatic rings. The monoisotopic (exact) mass is 461 g/mol. The summed E-state index contributed by atoms with van der Waals surface area (Å²) < 4.78 is 15.0. The van der Waals surface area contributed by atoms with E-state index in [1.807, 2.05) is 37.3 Å². The van der Waals surface area contributed by atoms with Crippen LogP contribution in [0.25, 0.3) is 16.6 Å². The Kier molecular flexibility index (Phi) is 6.60. The summed E-state index contributed by atoms with van der Waals surface area (Å²) in [6, 6.07) is 20.7. The van der Waals surface area contributed by atoms with Gasteiger partial charge in [-0.2, -0.15) is 0 Å². The molecule has 0 aliphatic rings. The molecule has 168 valence electrons. The number of thioether (sulfide) groups is 1. The highest BCUT2D eigenvalue weighted by atomic mass is 32.2. The molecule has 4 rings (SSSR count). The third-order valence-electron chi connectivity index (χ3n) is 5.50. The first kappa shape index (κ1) is 22.7. The van der Waals surface area contributed by atoms with Crippen molar-refractivity contribution in [3.8, 4) is 5.69 Å². The highest BCUT2D eigenvalue weighted by molar-refractivity contribution is 8.00. The highest BCUT2D eigenvalue weighted by Crippen LogP contribution is 2.26. The van der Waals surface area contributed by atoms with Gasteiger partial charge in [0.15, 0.2) is 5.16 Å². The van der Waals surface area contributed by atoms with Crippen LogP contribution in [0, 0.1) is 12.7 Å². The fraction of sp³-hybridized carbons (Fsp3) is 0.192. The lowest BCUT2D eigenvalue weighted by Crippen LogP contribution is -2.33. The number of aromatic nitrogens is 2. The minimum atomic E-state index is -0.487. The second-order valence-corrected chi connectivity index (χ2v) is 9.22. The van der Waals surface area contributed by atoms with E-state index in [9.17, 15) is 14.0 Å². The number of aryl methyl sites for hydroxylation is 1. The number of hydrogen-bond acceptors (Lipinski definition) is 4. The molecule has 0 fully saturated rings. The van der Waals surface area contributed by atoms with Crippen LogP contribution in [0.2, 0.25) is 0 Å². The molecule has 1 amide bonds. The summed E-state index contributed by atoms with van der Waals surface area (Å²) in [5.41, 5.74) is 2.99. The highest BCUT2D eigenvalue weighted by Gasteiger charge is 2.23. The molecule has 0 aliphatic carbocycles. The predicted molar refractivity (Wildman–Crippen MR) is 130 cm³/mol. The predicted octanol–water partition coefficient (Wildman–Crippen LogP) is 4.97. The Bertz CT molecular complexity index is 1370. The summed E-state index contributed by atoms with van der Waals surface area (Å²) >= 11 is 1.22. The van der Waals surface area contributed by atoms with Gasteiger partial charge in [-0.1, -0.05) is 48.2 Å². The topological polar surface area (TPSA) is 55.2 Å². The number of nitrogens with zero attached hydrogens (tertiary/aromatic N) is 3. The molecule has 1 heterocycles. The molecule has 33 heavy (non-hydrogen) atoms. The van der Waals surface area contributed by atoms with Crippen LogP contribution in [0.1, 0.15) is 18.1 Å². The number of amides is 1. The van der Waals surface area contributed by atoms with Crippen LogP contribution >= 0.6 is 11.8 Å². The third-order valence-corrected chi connectivity index (χ3v) is 6.54. The van der Waals surface area contributed by atoms with Crippen molar-refractivity contribution in [1.29, 1.82) is 0 Å². The zero-order valence-corrected chi connectivity index (χ0v) is 19.5. The summed E-state index contributed by atoms with van der Waals surface area (Å²) in [6.45, 7) is 4.32. The van der Waals surface area contributed by atoms with Gasteiger partial charge in [0.1, 0.15) is 5.82 Å². The average molecular weight is 462 g/mol. The van der Waals surface area contributed by atoms with Crippen LogP contribution in [-0.2, 0) is 11.3 Å². The molecule has 0 N–H and O–H groups in total. The fourth-order valence-electron chi connectivity index (χ4n) is 3.65. The maximum atomic E-state index is 13.5. The van der Waals surface area contributed by atoms with Crippen molar-refractivity contribution >= 4 is 28.6 Å². The molecule has 3 aromatic carbocycles. The standard InChI is InChI=1S/C26H24FN3O2S/c1-17-8-4-5-9-19(17)16-29(3)24(31)18(2)33-26-28-23-11-7-6-10-22(23)25(32)30(26)21-14-12-20(27)13-15-21/h4-15,18H,16H2,1-3H3. The van der Waals surface area contributed by atoms with Crippen LogP contribution in [0.4, 0.5) is 4.39 Å². The molecular weight excluding hydrogens is 437 g/mol. The second-order valence-electron chi connectivity index (χ2n) is 7.91. The van der Waals surface area contributed by atoms with Crippen molar-refractivity contribution in [3.63, 3.8) is 0 Å². The van der Waals surface area contributed by atoms with Gasteiger partial charge < -0.3 is 4.90 Å². The Balaban J connectivity index is 1.68. The van der Waals surface area contributed by atoms with Gasteiger partial charge in [0.2, 0.25) is 5.91 Å². The number of carbonyl (C=O) groups excluding carboxylic acids is 1. The van der Waals surface area contributed by atoms with Crippen LogP contribution < -0.4 is 5.56 Å². The van der Waals surface area contributed by atoms with Gasteiger partial charge >= 0.3 is 0 Å². The molecule has 0 bridgehead atoms. The molecular formula is C26H24FN3O2S. The number of halogens is 1. The summed E-state index contributed by atoms with van der Waals surface area (Å²) in [4.78, 5) is 32.8. The first-order chi connectivity index (χ1) is 15.8. The average Bonchev–Trinajstić information content (AvgIpc) is 2.81. The maximum Gasteiger partial charge on any atom is 0.266 e. The Hall–Kier alpha value is -3.45. The van der Waals surface area contributed by atoms with Gasteiger partial charge in [0.05, 0.1) is 21.8 Å². The van der Waals surface area contributed by atoms with Gasteiger partial charge in [0, 0.05) is 13.6 Å². The lowest BCUT2D eigenvalue weighted by atomic mass is 10.1. The Labute approximate surface area is 195 Å². The van der Waals surface area contributed by atoms with Crippen LogP contribution in [-0.4, -0.2) is 32.7 Å². The first-order valence-corrected chi connectivity index (χ1v) is 11.5. The molecule has 0 spiro atoms. The van der Waals surface area contributed by atoms with Gasteiger partial charge in [-0.05, 0) is 61.4 Å². The quantitative estimate of drug-likeness (QED) is 0.300. The zero-order chi connectivity index (χ0) is 23.5. The van der Waals surface area contributed by atoms with Crippen molar-refractivity contribution < 1.29 is 9.18 Å². The lowest BCUT2D eigenvalue weighted by Gasteiger charge is -2.23. The summed E-state index contributed by atoms with van der Waals surface area (Å²) in [5.74, 6) is -0.465. The third kappa shape index (κ3) is 4.83. The van der Waals surface area contributed by atoms with E-state index in [1.54, 1.807) is 37.1 Å². The van der Waals surface area contributed by atoms with Crippen molar-refractivity contribution in [2.24, 2.45) is 0 Å². The van der Waals surface area contributed by atoms with E-state index < -0.39 is 11.1 Å². The van der Waals surface area contributed by atoms with E-state index in [1.165, 1.54) is 40.6 Å². The number of hydrogen-bond donors (Lipinski definition) is 0. The van der Waals surface area contributed by atoms with Crippen molar-refractivity contribution in [2.45, 2.75) is 30.8 Å². The molecule has 1 unspecified atom stereocenters. The zero-order valence-electron chi connectivity index (χ0n) is 18.7. The number of para-hydroxylation sites is 1. The van der Waals surface area contributed by atoms with Gasteiger partial charge in [-0.3, -0.25) is 14.2 Å². The minimum Gasteiger partial charge on any atom is -0.340 e. The molecule has 5 nitrogen and oxygen atoms in total. The summed E-state index contributed by atoms with van der Waals surface area (Å²) in [7, 11) is 1.77. The Morgan fingerprint density at radius 1 is 1.06 bits per heavy atom. The van der Waals surface area contributed by atoms with Crippen LogP contribution in [0.15, 0.2) is 82.7 Å². The fourth-order valence-corrected chi connectivity index (χ4v) is 4.69. The molecule has 1 atom stereocenters. The van der Waals surface area contributed by atoms with E-state index >= 15 is 0 Å². The maximum absolute atomic E-state index is 13.5. The van der Waals surface area contributed by atoms with E-state index in [-0.39, 0.29) is 11.5 Å². The molecule has 0 saturated heterocycles. The van der Waals surface area contributed by atoms with Gasteiger partial charge in [-0.15, -0.1) is 0 Å². The number of fused-ring (bicyclic) bond motifs is 1. The van der Waals surface area contributed by atoms with Gasteiger partial charge in [-0.25, -0.2) is 9.37 Å². The Morgan fingerprint density at radius 2 is 1.73 bits per heavy atom. The second kappa shape index (κ2) is 9.58. The molecule has 0 saturated carbocycles. The minimum absolute atomic E-state index is 0.0729. The smallest absolute Gasteiger partial charge is 0.266 e. The largest absolute Gasteiger partial charge is 0.340 e. The van der Waals surface area contributed by atoms with E-state index in [2.05, 4.69) is 4.98 Å². The molecule has 0 radical (unpaired) electrons. The number of rotatable bonds is 6. The first-order valence-electron chi connectivity index (χ1n) is 10.6. The van der Waals surface area contributed by atoms with E-state index in [0.29, 0.717) is 28.3 Å². The molecule has 0 aliphatic heterocycles. The van der Waals surface area contributed by atoms with Crippen molar-refractivity contribution in [1.82, 2.24) is 14.5 Å². The van der Waals surface area contributed by atoms with Crippen molar-refractivity contribution in [3.05, 3.63) is 100 Å². The summed E-state index contributed by atoms with van der Waals surface area (Å²) in [6.07, 6.45) is 0. The van der Waals surface area contributed by atoms with Gasteiger partial charge in [0.25, 0.3) is 5.56 Å². The normalized spacial score (nSPS) is 12.0. The summed E-state index contributed by atoms with van der Waals surface area (Å²) in [5, 5.41) is 0.357. The van der Waals surface area contributed by atoms with Crippen LogP contribution in [0.3, 0.4) is 0 Å². The SMILES string of the molecule is Cc1ccccc1CN(C)C(=O)C(C)Sc1nc2ccccc2c(=O)n1-c1ccc(F)cc1. The van der Waals surface area contributed by atoms with Crippen LogP contribution in [0.5, 0.6) is 0 Å². The van der Waals surface area contributed by atoms with Crippen molar-refractivity contribution in [2.75, 3.05) is 7.05 Å². The van der Waals surface area contributed by atoms with E-state index in [4.69, 9.17) is 0 Å². The molecule has 7 heteroatoms. The van der Waals surface area contributed by atoms with E-state index in [0.717, 1.165) is 11.1 Å². The number of carbonyl (C=O) groups is 1. The lowest BCUT2D eigenvalue weighted by molar-refractivity contribution is -0.129. The number of benzene rings is 3. The Morgan fingerprint density at radius 3 is 2.45 bits per heavy atom.